The average Bonchev–Trinajstić information content (AvgIpc) is 3.03. The van der Waals surface area contributed by atoms with Crippen molar-refractivity contribution < 1.29 is 0 Å². The minimum atomic E-state index is 0.823. The summed E-state index contributed by atoms with van der Waals surface area (Å²) >= 11 is 3.61. The van der Waals surface area contributed by atoms with Crippen molar-refractivity contribution in [3.05, 3.63) is 10.8 Å². The van der Waals surface area contributed by atoms with Crippen molar-refractivity contribution in [2.24, 2.45) is 11.8 Å². The predicted octanol–water partition coefficient (Wildman–Crippen LogP) is 3.15. The highest BCUT2D eigenvalue weighted by molar-refractivity contribution is 9.10. The molecule has 18 heavy (non-hydrogen) atoms. The number of aromatic nitrogens is 2. The smallest absolute Gasteiger partial charge is 0.148 e. The molecule has 1 aliphatic rings. The molecule has 1 aliphatic carbocycles. The van der Waals surface area contributed by atoms with E-state index < -0.39 is 0 Å². The molecule has 0 aliphatic heterocycles. The zero-order valence-corrected chi connectivity index (χ0v) is 12.9. The Balaban J connectivity index is 2.06. The summed E-state index contributed by atoms with van der Waals surface area (Å²) in [5.74, 6) is 3.55. The molecule has 0 bridgehead atoms. The van der Waals surface area contributed by atoms with Crippen LogP contribution in [-0.2, 0) is 0 Å². The standard InChI is InChI=1S/C13H21BrN4/c1-4-5-15-12-11(14)13(17-8-16-12)18(3)7-10-6-9(10)2/h8-10H,4-7H2,1-3H3,(H,15,16,17). The van der Waals surface area contributed by atoms with Crippen molar-refractivity contribution in [2.45, 2.75) is 26.7 Å². The summed E-state index contributed by atoms with van der Waals surface area (Å²) in [6.07, 6.45) is 4.06. The van der Waals surface area contributed by atoms with Gasteiger partial charge in [-0.2, -0.15) is 0 Å². The van der Waals surface area contributed by atoms with Gasteiger partial charge in [-0.25, -0.2) is 9.97 Å². The molecule has 0 spiro atoms. The van der Waals surface area contributed by atoms with E-state index in [4.69, 9.17) is 0 Å². The fourth-order valence-corrected chi connectivity index (χ4v) is 2.73. The molecule has 2 rings (SSSR count). The molecule has 4 nitrogen and oxygen atoms in total. The van der Waals surface area contributed by atoms with Gasteiger partial charge in [-0.1, -0.05) is 13.8 Å². The minimum Gasteiger partial charge on any atom is -0.369 e. The number of hydrogen-bond acceptors (Lipinski definition) is 4. The fraction of sp³-hybridized carbons (Fsp3) is 0.692. The lowest BCUT2D eigenvalue weighted by molar-refractivity contribution is 0.717. The van der Waals surface area contributed by atoms with E-state index in [1.165, 1.54) is 6.42 Å². The maximum Gasteiger partial charge on any atom is 0.148 e. The Morgan fingerprint density at radius 2 is 2.22 bits per heavy atom. The normalized spacial score (nSPS) is 21.8. The quantitative estimate of drug-likeness (QED) is 0.876. The Labute approximate surface area is 117 Å². The molecular weight excluding hydrogens is 292 g/mol. The van der Waals surface area contributed by atoms with Crippen molar-refractivity contribution in [2.75, 3.05) is 30.4 Å². The van der Waals surface area contributed by atoms with Crippen molar-refractivity contribution in [1.82, 2.24) is 9.97 Å². The van der Waals surface area contributed by atoms with Crippen LogP contribution >= 0.6 is 15.9 Å². The number of nitrogens with one attached hydrogen (secondary N) is 1. The first-order chi connectivity index (χ1) is 8.63. The Hall–Kier alpha value is -0.840. The van der Waals surface area contributed by atoms with Crippen molar-refractivity contribution in [3.63, 3.8) is 0 Å². The maximum absolute atomic E-state index is 4.38. The second-order valence-electron chi connectivity index (χ2n) is 5.14. The molecule has 0 radical (unpaired) electrons. The van der Waals surface area contributed by atoms with E-state index in [9.17, 15) is 0 Å². The van der Waals surface area contributed by atoms with Crippen LogP contribution in [0.15, 0.2) is 10.8 Å². The van der Waals surface area contributed by atoms with Gasteiger partial charge in [-0.3, -0.25) is 0 Å². The van der Waals surface area contributed by atoms with Gasteiger partial charge < -0.3 is 10.2 Å². The van der Waals surface area contributed by atoms with E-state index in [0.717, 1.165) is 47.5 Å². The molecule has 1 aromatic heterocycles. The van der Waals surface area contributed by atoms with Crippen molar-refractivity contribution in [1.29, 1.82) is 0 Å². The molecule has 0 saturated heterocycles. The van der Waals surface area contributed by atoms with Gasteiger partial charge in [0.15, 0.2) is 0 Å². The number of rotatable bonds is 6. The third-order valence-corrected chi connectivity index (χ3v) is 4.19. The lowest BCUT2D eigenvalue weighted by atomic mass is 10.3. The van der Waals surface area contributed by atoms with Crippen molar-refractivity contribution in [3.8, 4) is 0 Å². The van der Waals surface area contributed by atoms with Crippen LogP contribution in [0.5, 0.6) is 0 Å². The SMILES string of the molecule is CCCNc1ncnc(N(C)CC2CC2C)c1Br. The zero-order valence-electron chi connectivity index (χ0n) is 11.3. The highest BCUT2D eigenvalue weighted by Gasteiger charge is 2.33. The molecule has 1 heterocycles. The van der Waals surface area contributed by atoms with E-state index in [-0.39, 0.29) is 0 Å². The number of halogens is 1. The van der Waals surface area contributed by atoms with E-state index >= 15 is 0 Å². The molecular formula is C13H21BrN4. The Morgan fingerprint density at radius 1 is 1.50 bits per heavy atom. The number of nitrogens with zero attached hydrogens (tertiary/aromatic N) is 3. The van der Waals surface area contributed by atoms with Crippen LogP contribution in [0.4, 0.5) is 11.6 Å². The highest BCUT2D eigenvalue weighted by Crippen LogP contribution is 2.39. The van der Waals surface area contributed by atoms with Crippen LogP contribution < -0.4 is 10.2 Å². The first-order valence-corrected chi connectivity index (χ1v) is 7.38. The molecule has 2 atom stereocenters. The lowest BCUT2D eigenvalue weighted by Crippen LogP contribution is -2.22. The Bertz CT molecular complexity index is 410. The largest absolute Gasteiger partial charge is 0.369 e. The van der Waals surface area contributed by atoms with Gasteiger partial charge in [0.2, 0.25) is 0 Å². The fourth-order valence-electron chi connectivity index (χ4n) is 2.08. The van der Waals surface area contributed by atoms with Crippen LogP contribution in [-0.4, -0.2) is 30.1 Å². The number of hydrogen-bond donors (Lipinski definition) is 1. The summed E-state index contributed by atoms with van der Waals surface area (Å²) in [5.41, 5.74) is 0. The minimum absolute atomic E-state index is 0.823. The summed E-state index contributed by atoms with van der Waals surface area (Å²) in [6, 6.07) is 0. The molecule has 100 valence electrons. The van der Waals surface area contributed by atoms with Gasteiger partial charge in [-0.05, 0) is 40.6 Å². The predicted molar refractivity (Wildman–Crippen MR) is 79.1 cm³/mol. The average molecular weight is 313 g/mol. The van der Waals surface area contributed by atoms with Crippen LogP contribution in [0, 0.1) is 11.8 Å². The van der Waals surface area contributed by atoms with E-state index in [1.807, 2.05) is 0 Å². The third kappa shape index (κ3) is 3.13. The highest BCUT2D eigenvalue weighted by atomic mass is 79.9. The summed E-state index contributed by atoms with van der Waals surface area (Å²) in [7, 11) is 2.10. The van der Waals surface area contributed by atoms with Crippen molar-refractivity contribution >= 4 is 27.6 Å². The molecule has 1 aromatic rings. The molecule has 5 heteroatoms. The number of anilines is 2. The molecule has 0 amide bonds. The Kier molecular flexibility index (Phi) is 4.43. The van der Waals surface area contributed by atoms with Gasteiger partial charge in [0.1, 0.15) is 22.4 Å². The Morgan fingerprint density at radius 3 is 2.83 bits per heavy atom. The van der Waals surface area contributed by atoms with Crippen LogP contribution in [0.3, 0.4) is 0 Å². The van der Waals surface area contributed by atoms with Gasteiger partial charge in [0.25, 0.3) is 0 Å². The molecule has 2 unspecified atom stereocenters. The monoisotopic (exact) mass is 312 g/mol. The summed E-state index contributed by atoms with van der Waals surface area (Å²) < 4.78 is 0.967. The van der Waals surface area contributed by atoms with Gasteiger partial charge in [-0.15, -0.1) is 0 Å². The first kappa shape index (κ1) is 13.6. The van der Waals surface area contributed by atoms with E-state index in [2.05, 4.69) is 57.0 Å². The topological polar surface area (TPSA) is 41.1 Å². The van der Waals surface area contributed by atoms with E-state index in [0.29, 0.717) is 0 Å². The molecule has 0 aromatic carbocycles. The summed E-state index contributed by atoms with van der Waals surface area (Å²) in [6.45, 7) is 6.45. The first-order valence-electron chi connectivity index (χ1n) is 6.59. The lowest BCUT2D eigenvalue weighted by Gasteiger charge is -2.20. The second-order valence-corrected chi connectivity index (χ2v) is 5.93. The molecule has 1 saturated carbocycles. The summed E-state index contributed by atoms with van der Waals surface area (Å²) in [5, 5.41) is 3.31. The maximum atomic E-state index is 4.38. The molecule has 1 N–H and O–H groups in total. The van der Waals surface area contributed by atoms with Crippen LogP contribution in [0.1, 0.15) is 26.7 Å². The van der Waals surface area contributed by atoms with Crippen LogP contribution in [0.25, 0.3) is 0 Å². The van der Waals surface area contributed by atoms with Crippen LogP contribution in [0.2, 0.25) is 0 Å². The summed E-state index contributed by atoms with van der Waals surface area (Å²) in [4.78, 5) is 10.9. The zero-order chi connectivity index (χ0) is 13.1. The van der Waals surface area contributed by atoms with E-state index in [1.54, 1.807) is 6.33 Å². The second kappa shape index (κ2) is 5.87. The van der Waals surface area contributed by atoms with Gasteiger partial charge >= 0.3 is 0 Å². The third-order valence-electron chi connectivity index (χ3n) is 3.46. The molecule has 1 fully saturated rings. The van der Waals surface area contributed by atoms with Gasteiger partial charge in [0.05, 0.1) is 0 Å². The van der Waals surface area contributed by atoms with Gasteiger partial charge in [0, 0.05) is 20.1 Å².